The molecule has 20 heavy (non-hydrogen) atoms. The van der Waals surface area contributed by atoms with E-state index in [1.165, 1.54) is 31.2 Å². The highest BCUT2D eigenvalue weighted by Gasteiger charge is 2.20. The molecule has 1 heterocycles. The Bertz CT molecular complexity index is 650. The van der Waals surface area contributed by atoms with Crippen LogP contribution in [0, 0.1) is 5.82 Å². The zero-order chi connectivity index (χ0) is 14.7. The lowest BCUT2D eigenvalue weighted by molar-refractivity contribution is -0.125. The normalized spacial score (nSPS) is 11.9. The van der Waals surface area contributed by atoms with Crippen LogP contribution in [0.1, 0.15) is 17.5 Å². The van der Waals surface area contributed by atoms with Gasteiger partial charge in [-0.2, -0.15) is 0 Å². The highest BCUT2D eigenvalue weighted by molar-refractivity contribution is 5.90. The molecule has 0 aliphatic rings. The molecule has 0 fully saturated rings. The molecule has 0 saturated carbocycles. The molecule has 1 atom stereocenters. The van der Waals surface area contributed by atoms with Gasteiger partial charge in [-0.25, -0.2) is 9.18 Å². The number of primary amides is 1. The third-order valence-corrected chi connectivity index (χ3v) is 2.63. The molecule has 5 nitrogen and oxygen atoms in total. The van der Waals surface area contributed by atoms with Crippen molar-refractivity contribution in [3.05, 3.63) is 48.0 Å². The first-order chi connectivity index (χ1) is 9.49. The van der Waals surface area contributed by atoms with Gasteiger partial charge >= 0.3 is 5.97 Å². The molecule has 0 aliphatic carbocycles. The van der Waals surface area contributed by atoms with E-state index < -0.39 is 23.8 Å². The average Bonchev–Trinajstić information content (AvgIpc) is 2.88. The van der Waals surface area contributed by atoms with Crippen molar-refractivity contribution in [1.82, 2.24) is 0 Å². The third kappa shape index (κ3) is 2.85. The van der Waals surface area contributed by atoms with E-state index in [0.29, 0.717) is 0 Å². The highest BCUT2D eigenvalue weighted by atomic mass is 19.1. The predicted octanol–water partition coefficient (Wildman–Crippen LogP) is 2.12. The Morgan fingerprint density at radius 3 is 2.60 bits per heavy atom. The van der Waals surface area contributed by atoms with Gasteiger partial charge in [0.1, 0.15) is 11.6 Å². The number of halogens is 1. The number of hydrogen-bond acceptors (Lipinski definition) is 4. The zero-order valence-electron chi connectivity index (χ0n) is 10.6. The van der Waals surface area contributed by atoms with Crippen LogP contribution in [0.25, 0.3) is 11.3 Å². The third-order valence-electron chi connectivity index (χ3n) is 2.63. The molecule has 1 amide bonds. The molecule has 1 aromatic heterocycles. The van der Waals surface area contributed by atoms with Gasteiger partial charge in [0.25, 0.3) is 5.91 Å². The predicted molar refractivity (Wildman–Crippen MR) is 68.2 cm³/mol. The van der Waals surface area contributed by atoms with Gasteiger partial charge in [0.05, 0.1) is 5.56 Å². The van der Waals surface area contributed by atoms with Gasteiger partial charge in [0.2, 0.25) is 5.76 Å². The monoisotopic (exact) mass is 277 g/mol. The molecule has 0 saturated heterocycles. The molecular weight excluding hydrogens is 265 g/mol. The minimum atomic E-state index is -1.07. The van der Waals surface area contributed by atoms with Gasteiger partial charge in [-0.1, -0.05) is 12.1 Å². The van der Waals surface area contributed by atoms with Crippen LogP contribution in [0.3, 0.4) is 0 Å². The summed E-state index contributed by atoms with van der Waals surface area (Å²) in [6.45, 7) is 1.35. The molecule has 2 aromatic rings. The van der Waals surface area contributed by atoms with Crippen molar-refractivity contribution in [3.8, 4) is 11.3 Å². The summed E-state index contributed by atoms with van der Waals surface area (Å²) < 4.78 is 23.6. The number of carbonyl (C=O) groups excluding carboxylic acids is 2. The van der Waals surface area contributed by atoms with E-state index in [1.54, 1.807) is 12.1 Å². The summed E-state index contributed by atoms with van der Waals surface area (Å²) in [6, 6.07) is 8.79. The fraction of sp³-hybridized carbons (Fsp3) is 0.143. The van der Waals surface area contributed by atoms with E-state index in [9.17, 15) is 14.0 Å². The summed E-state index contributed by atoms with van der Waals surface area (Å²) in [7, 11) is 0. The van der Waals surface area contributed by atoms with Crippen LogP contribution in [0.4, 0.5) is 4.39 Å². The fourth-order valence-electron chi connectivity index (χ4n) is 1.53. The second-order valence-corrected chi connectivity index (χ2v) is 4.09. The van der Waals surface area contributed by atoms with Crippen LogP contribution in [-0.4, -0.2) is 18.0 Å². The Labute approximate surface area is 114 Å². The molecule has 2 N–H and O–H groups in total. The number of rotatable bonds is 4. The molecule has 6 heteroatoms. The van der Waals surface area contributed by atoms with Gasteiger partial charge < -0.3 is 14.9 Å². The van der Waals surface area contributed by atoms with Crippen LogP contribution in [-0.2, 0) is 9.53 Å². The standard InChI is InChI=1S/C14H12FNO4/c1-8(13(16)17)19-14(18)12-7-6-11(20-12)9-4-2-3-5-10(9)15/h2-8H,1H3,(H2,16,17)/t8-/m1/s1. The van der Waals surface area contributed by atoms with Crippen molar-refractivity contribution in [1.29, 1.82) is 0 Å². The molecule has 1 aromatic carbocycles. The lowest BCUT2D eigenvalue weighted by Gasteiger charge is -2.07. The summed E-state index contributed by atoms with van der Waals surface area (Å²) >= 11 is 0. The number of hydrogen-bond donors (Lipinski definition) is 1. The highest BCUT2D eigenvalue weighted by Crippen LogP contribution is 2.25. The molecule has 0 bridgehead atoms. The van der Waals surface area contributed by atoms with Gasteiger partial charge in [0, 0.05) is 0 Å². The molecular formula is C14H12FNO4. The fourth-order valence-corrected chi connectivity index (χ4v) is 1.53. The molecule has 104 valence electrons. The molecule has 0 spiro atoms. The average molecular weight is 277 g/mol. The second kappa shape index (κ2) is 5.56. The zero-order valence-corrected chi connectivity index (χ0v) is 10.6. The lowest BCUT2D eigenvalue weighted by atomic mass is 10.1. The first-order valence-electron chi connectivity index (χ1n) is 5.84. The summed E-state index contributed by atoms with van der Waals surface area (Å²) in [6.07, 6.45) is -1.07. The van der Waals surface area contributed by atoms with Crippen LogP contribution >= 0.6 is 0 Å². The number of amides is 1. The summed E-state index contributed by atoms with van der Waals surface area (Å²) in [5, 5.41) is 0. The van der Waals surface area contributed by atoms with Gasteiger partial charge in [-0.15, -0.1) is 0 Å². The van der Waals surface area contributed by atoms with Gasteiger partial charge in [-0.3, -0.25) is 4.79 Å². The molecule has 0 radical (unpaired) electrons. The minimum Gasteiger partial charge on any atom is -0.449 e. The first-order valence-corrected chi connectivity index (χ1v) is 5.84. The number of benzene rings is 1. The van der Waals surface area contributed by atoms with E-state index >= 15 is 0 Å². The topological polar surface area (TPSA) is 82.5 Å². The van der Waals surface area contributed by atoms with Crippen LogP contribution in [0.15, 0.2) is 40.8 Å². The number of carbonyl (C=O) groups is 2. The second-order valence-electron chi connectivity index (χ2n) is 4.09. The minimum absolute atomic E-state index is 0.128. The van der Waals surface area contributed by atoms with Crippen molar-refractivity contribution in [2.24, 2.45) is 5.73 Å². The van der Waals surface area contributed by atoms with Crippen molar-refractivity contribution in [3.63, 3.8) is 0 Å². The molecule has 0 aliphatic heterocycles. The lowest BCUT2D eigenvalue weighted by Crippen LogP contribution is -2.30. The number of nitrogens with two attached hydrogens (primary N) is 1. The summed E-state index contributed by atoms with van der Waals surface area (Å²) in [4.78, 5) is 22.5. The molecule has 0 unspecified atom stereocenters. The largest absolute Gasteiger partial charge is 0.449 e. The Morgan fingerprint density at radius 1 is 1.25 bits per heavy atom. The van der Waals surface area contributed by atoms with Crippen LogP contribution in [0.5, 0.6) is 0 Å². The van der Waals surface area contributed by atoms with Crippen molar-refractivity contribution in [2.45, 2.75) is 13.0 Å². The van der Waals surface area contributed by atoms with Crippen LogP contribution < -0.4 is 5.73 Å². The number of esters is 1. The van der Waals surface area contributed by atoms with Crippen molar-refractivity contribution in [2.75, 3.05) is 0 Å². The quantitative estimate of drug-likeness (QED) is 0.868. The van der Waals surface area contributed by atoms with E-state index in [0.717, 1.165) is 0 Å². The maximum atomic E-state index is 13.6. The van der Waals surface area contributed by atoms with E-state index in [1.807, 2.05) is 0 Å². The van der Waals surface area contributed by atoms with Crippen molar-refractivity contribution >= 4 is 11.9 Å². The van der Waals surface area contributed by atoms with Gasteiger partial charge in [-0.05, 0) is 31.2 Å². The van der Waals surface area contributed by atoms with Crippen molar-refractivity contribution < 1.29 is 23.1 Å². The SMILES string of the molecule is C[C@@H](OC(=O)c1ccc(-c2ccccc2F)o1)C(N)=O. The Morgan fingerprint density at radius 2 is 1.95 bits per heavy atom. The van der Waals surface area contributed by atoms with E-state index in [-0.39, 0.29) is 17.1 Å². The van der Waals surface area contributed by atoms with E-state index in [2.05, 4.69) is 0 Å². The Balaban J connectivity index is 2.19. The van der Waals surface area contributed by atoms with E-state index in [4.69, 9.17) is 14.9 Å². The summed E-state index contributed by atoms with van der Waals surface area (Å²) in [5.41, 5.74) is 5.21. The first kappa shape index (κ1) is 13.8. The van der Waals surface area contributed by atoms with Crippen LogP contribution in [0.2, 0.25) is 0 Å². The number of furan rings is 1. The molecule has 2 rings (SSSR count). The maximum absolute atomic E-state index is 13.6. The number of ether oxygens (including phenoxy) is 1. The summed E-state index contributed by atoms with van der Waals surface area (Å²) in [5.74, 6) is -2.00. The smallest absolute Gasteiger partial charge is 0.375 e. The maximum Gasteiger partial charge on any atom is 0.375 e. The Hall–Kier alpha value is -2.63. The van der Waals surface area contributed by atoms with Gasteiger partial charge in [0.15, 0.2) is 6.10 Å². The Kier molecular flexibility index (Phi) is 3.84.